The van der Waals surface area contributed by atoms with Crippen molar-refractivity contribution in [3.05, 3.63) is 53.6 Å². The fraction of sp³-hybridized carbons (Fsp3) is 0.300. The fourth-order valence-corrected chi connectivity index (χ4v) is 2.81. The largest absolute Gasteiger partial charge is 0.392 e. The zero-order chi connectivity index (χ0) is 18.7. The van der Waals surface area contributed by atoms with Crippen LogP contribution in [0.3, 0.4) is 0 Å². The van der Waals surface area contributed by atoms with Crippen molar-refractivity contribution in [1.29, 1.82) is 0 Å². The molecule has 1 amide bonds. The molecule has 1 atom stereocenters. The van der Waals surface area contributed by atoms with Gasteiger partial charge in [-0.3, -0.25) is 4.79 Å². The van der Waals surface area contributed by atoms with E-state index in [1.54, 1.807) is 6.92 Å². The first-order chi connectivity index (χ1) is 12.4. The van der Waals surface area contributed by atoms with E-state index in [1.807, 2.05) is 60.9 Å². The summed E-state index contributed by atoms with van der Waals surface area (Å²) >= 11 is 0. The molecule has 0 aliphatic carbocycles. The van der Waals surface area contributed by atoms with E-state index in [4.69, 9.17) is 0 Å². The molecule has 0 radical (unpaired) electrons. The number of hydrogen-bond acceptors (Lipinski definition) is 4. The number of rotatable bonds is 6. The van der Waals surface area contributed by atoms with Crippen molar-refractivity contribution in [3.8, 4) is 0 Å². The number of carbonyl (C=O) groups excluding carboxylic acids is 1. The number of benzene rings is 2. The third kappa shape index (κ3) is 4.03. The average Bonchev–Trinajstić information content (AvgIpc) is 2.94. The van der Waals surface area contributed by atoms with Crippen molar-refractivity contribution in [2.75, 3.05) is 17.2 Å². The molecule has 0 bridgehead atoms. The summed E-state index contributed by atoms with van der Waals surface area (Å²) in [6, 6.07) is 13.6. The Labute approximate surface area is 152 Å². The van der Waals surface area contributed by atoms with Gasteiger partial charge in [0.15, 0.2) is 0 Å². The quantitative estimate of drug-likeness (QED) is 0.637. The molecule has 6 heteroatoms. The number of aliphatic hydroxyl groups is 1. The predicted octanol–water partition coefficient (Wildman–Crippen LogP) is 3.08. The minimum atomic E-state index is -0.507. The van der Waals surface area contributed by atoms with Crippen LogP contribution in [0.2, 0.25) is 0 Å². The maximum Gasteiger partial charge on any atom is 0.244 e. The lowest BCUT2D eigenvalue weighted by molar-refractivity contribution is -0.116. The Morgan fingerprint density at radius 2 is 2.00 bits per heavy atom. The molecule has 3 aromatic rings. The Morgan fingerprint density at radius 1 is 1.23 bits per heavy atom. The van der Waals surface area contributed by atoms with E-state index in [0.29, 0.717) is 12.5 Å². The van der Waals surface area contributed by atoms with Crippen LogP contribution >= 0.6 is 0 Å². The van der Waals surface area contributed by atoms with Gasteiger partial charge in [-0.15, -0.1) is 0 Å². The van der Waals surface area contributed by atoms with Crippen LogP contribution < -0.4 is 10.6 Å². The lowest BCUT2D eigenvalue weighted by Crippen LogP contribution is -2.23. The van der Waals surface area contributed by atoms with E-state index in [2.05, 4.69) is 15.6 Å². The molecule has 0 unspecified atom stereocenters. The van der Waals surface area contributed by atoms with E-state index in [0.717, 1.165) is 27.8 Å². The number of carbonyl (C=O) groups is 1. The Morgan fingerprint density at radius 3 is 2.77 bits per heavy atom. The maximum absolute atomic E-state index is 12.6. The highest BCUT2D eigenvalue weighted by Crippen LogP contribution is 2.21. The number of nitrogens with zero attached hydrogens (tertiary/aromatic N) is 2. The SMILES string of the molecule is Cc1ccc(C)c(NC(=O)Cn2c(NC[C@H](C)O)nc3ccccc32)c1. The van der Waals surface area contributed by atoms with Gasteiger partial charge in [0.2, 0.25) is 11.9 Å². The van der Waals surface area contributed by atoms with Gasteiger partial charge in [0.05, 0.1) is 17.1 Å². The average molecular weight is 352 g/mol. The summed E-state index contributed by atoms with van der Waals surface area (Å²) < 4.78 is 1.83. The van der Waals surface area contributed by atoms with Gasteiger partial charge in [-0.1, -0.05) is 24.3 Å². The molecule has 0 saturated heterocycles. The van der Waals surface area contributed by atoms with Crippen molar-refractivity contribution in [2.24, 2.45) is 0 Å². The van der Waals surface area contributed by atoms with Gasteiger partial charge in [-0.25, -0.2) is 4.98 Å². The van der Waals surface area contributed by atoms with Crippen LogP contribution in [-0.4, -0.2) is 33.2 Å². The summed E-state index contributed by atoms with van der Waals surface area (Å²) in [4.78, 5) is 17.2. The summed E-state index contributed by atoms with van der Waals surface area (Å²) in [6.45, 7) is 6.17. The molecule has 3 rings (SSSR count). The van der Waals surface area contributed by atoms with E-state index in [9.17, 15) is 9.90 Å². The number of para-hydroxylation sites is 2. The van der Waals surface area contributed by atoms with Crippen molar-refractivity contribution >= 4 is 28.6 Å². The van der Waals surface area contributed by atoms with Crippen LogP contribution in [-0.2, 0) is 11.3 Å². The van der Waals surface area contributed by atoms with E-state index >= 15 is 0 Å². The standard InChI is InChI=1S/C20H24N4O2/c1-13-8-9-14(2)17(10-13)22-19(26)12-24-18-7-5-4-6-16(18)23-20(24)21-11-15(3)25/h4-10,15,25H,11-12H2,1-3H3,(H,21,23)(H,22,26)/t15-/m0/s1. The topological polar surface area (TPSA) is 79.2 Å². The highest BCUT2D eigenvalue weighted by molar-refractivity contribution is 5.93. The summed E-state index contributed by atoms with van der Waals surface area (Å²) in [5.41, 5.74) is 4.61. The Hall–Kier alpha value is -2.86. The number of aryl methyl sites for hydroxylation is 2. The summed E-state index contributed by atoms with van der Waals surface area (Å²) in [5, 5.41) is 15.6. The number of nitrogens with one attached hydrogen (secondary N) is 2. The van der Waals surface area contributed by atoms with Crippen LogP contribution in [0.4, 0.5) is 11.6 Å². The third-order valence-electron chi connectivity index (χ3n) is 4.18. The lowest BCUT2D eigenvalue weighted by atomic mass is 10.1. The van der Waals surface area contributed by atoms with Gasteiger partial charge in [0.1, 0.15) is 6.54 Å². The highest BCUT2D eigenvalue weighted by atomic mass is 16.3. The summed E-state index contributed by atoms with van der Waals surface area (Å²) in [7, 11) is 0. The molecule has 0 aliphatic heterocycles. The first kappa shape index (κ1) is 17.9. The van der Waals surface area contributed by atoms with Gasteiger partial charge in [-0.2, -0.15) is 0 Å². The number of aliphatic hydroxyl groups excluding tert-OH is 1. The first-order valence-corrected chi connectivity index (χ1v) is 8.68. The molecule has 6 nitrogen and oxygen atoms in total. The van der Waals surface area contributed by atoms with Crippen LogP contribution in [0.5, 0.6) is 0 Å². The normalized spacial score (nSPS) is 12.2. The molecule has 0 fully saturated rings. The van der Waals surface area contributed by atoms with Crippen LogP contribution in [0, 0.1) is 13.8 Å². The van der Waals surface area contributed by atoms with Gasteiger partial charge < -0.3 is 20.3 Å². The number of aromatic nitrogens is 2. The van der Waals surface area contributed by atoms with Crippen LogP contribution in [0.25, 0.3) is 11.0 Å². The first-order valence-electron chi connectivity index (χ1n) is 8.68. The second kappa shape index (κ2) is 7.58. The van der Waals surface area contributed by atoms with E-state index in [-0.39, 0.29) is 12.5 Å². The molecule has 3 N–H and O–H groups in total. The number of hydrogen-bond donors (Lipinski definition) is 3. The number of imidazole rings is 1. The molecular weight excluding hydrogens is 328 g/mol. The zero-order valence-electron chi connectivity index (χ0n) is 15.3. The molecule has 1 aromatic heterocycles. The zero-order valence-corrected chi connectivity index (χ0v) is 15.3. The Kier molecular flexibility index (Phi) is 5.23. The van der Waals surface area contributed by atoms with Crippen molar-refractivity contribution < 1.29 is 9.90 Å². The fourth-order valence-electron chi connectivity index (χ4n) is 2.81. The second-order valence-corrected chi connectivity index (χ2v) is 6.61. The molecule has 2 aromatic carbocycles. The third-order valence-corrected chi connectivity index (χ3v) is 4.18. The molecular formula is C20H24N4O2. The number of anilines is 2. The lowest BCUT2D eigenvalue weighted by Gasteiger charge is -2.13. The Balaban J connectivity index is 1.85. The van der Waals surface area contributed by atoms with E-state index < -0.39 is 6.10 Å². The second-order valence-electron chi connectivity index (χ2n) is 6.61. The molecule has 1 heterocycles. The maximum atomic E-state index is 12.6. The molecule has 0 aliphatic rings. The summed E-state index contributed by atoms with van der Waals surface area (Å²) in [6.07, 6.45) is -0.507. The van der Waals surface area contributed by atoms with Gasteiger partial charge in [-0.05, 0) is 50.1 Å². The minimum absolute atomic E-state index is 0.123. The van der Waals surface area contributed by atoms with Crippen molar-refractivity contribution in [1.82, 2.24) is 9.55 Å². The highest BCUT2D eigenvalue weighted by Gasteiger charge is 2.14. The van der Waals surface area contributed by atoms with Crippen molar-refractivity contribution in [2.45, 2.75) is 33.4 Å². The van der Waals surface area contributed by atoms with Gasteiger partial charge in [0.25, 0.3) is 0 Å². The number of fused-ring (bicyclic) bond motifs is 1. The smallest absolute Gasteiger partial charge is 0.244 e. The van der Waals surface area contributed by atoms with Gasteiger partial charge >= 0.3 is 0 Å². The predicted molar refractivity (Wildman–Crippen MR) is 104 cm³/mol. The molecule has 136 valence electrons. The van der Waals surface area contributed by atoms with Crippen molar-refractivity contribution in [3.63, 3.8) is 0 Å². The van der Waals surface area contributed by atoms with E-state index in [1.165, 1.54) is 0 Å². The van der Waals surface area contributed by atoms with Crippen LogP contribution in [0.15, 0.2) is 42.5 Å². The van der Waals surface area contributed by atoms with Gasteiger partial charge in [0, 0.05) is 12.2 Å². The monoisotopic (exact) mass is 352 g/mol. The molecule has 26 heavy (non-hydrogen) atoms. The summed E-state index contributed by atoms with van der Waals surface area (Å²) in [5.74, 6) is 0.449. The Bertz CT molecular complexity index is 931. The molecule has 0 saturated carbocycles. The number of amides is 1. The minimum Gasteiger partial charge on any atom is -0.392 e. The molecule has 0 spiro atoms. The van der Waals surface area contributed by atoms with Crippen LogP contribution in [0.1, 0.15) is 18.1 Å².